The monoisotopic (exact) mass is 248 g/mol. The van der Waals surface area contributed by atoms with Crippen molar-refractivity contribution < 1.29 is 19.5 Å². The number of carbonyl (C=O) groups is 2. The summed E-state index contributed by atoms with van der Waals surface area (Å²) in [6, 6.07) is 6.79. The Morgan fingerprint density at radius 2 is 2.17 bits per heavy atom. The van der Waals surface area contributed by atoms with Gasteiger partial charge >= 0.3 is 5.97 Å². The molecule has 1 amide bonds. The standard InChI is InChI=1S/C12H12N2O4/c1-2-18-10(15)7-14(17)11-8-5-3-4-6-9(8)13-12(11)16/h3-6,17H,2,7H2,1H3. The topological polar surface area (TPSA) is 79.2 Å². The Labute approximate surface area is 103 Å². The molecule has 2 rings (SSSR count). The van der Waals surface area contributed by atoms with E-state index < -0.39 is 18.4 Å². The van der Waals surface area contributed by atoms with Crippen molar-refractivity contribution in [2.75, 3.05) is 13.2 Å². The number of hydrogen-bond donors (Lipinski definition) is 1. The molecule has 0 spiro atoms. The van der Waals surface area contributed by atoms with Gasteiger partial charge in [-0.2, -0.15) is 0 Å². The van der Waals surface area contributed by atoms with Gasteiger partial charge in [-0.05, 0) is 13.0 Å². The molecule has 94 valence electrons. The number of fused-ring (bicyclic) bond motifs is 1. The number of amides is 1. The number of para-hydroxylation sites is 1. The van der Waals surface area contributed by atoms with Gasteiger partial charge in [0.1, 0.15) is 12.2 Å². The highest BCUT2D eigenvalue weighted by Gasteiger charge is 2.23. The molecule has 0 aliphatic carbocycles. The lowest BCUT2D eigenvalue weighted by atomic mass is 10.2. The Kier molecular flexibility index (Phi) is 3.38. The lowest BCUT2D eigenvalue weighted by Gasteiger charge is -2.15. The molecule has 0 atom stereocenters. The molecule has 1 aromatic rings. The van der Waals surface area contributed by atoms with Crippen LogP contribution < -0.4 is 10.6 Å². The number of hydrogen-bond acceptors (Lipinski definition) is 5. The number of carbonyl (C=O) groups excluding carboxylic acids is 2. The predicted octanol–water partition coefficient (Wildman–Crippen LogP) is -0.791. The molecule has 1 heterocycles. The zero-order chi connectivity index (χ0) is 13.1. The van der Waals surface area contributed by atoms with Gasteiger partial charge in [0.15, 0.2) is 0 Å². The van der Waals surface area contributed by atoms with Gasteiger partial charge in [0.2, 0.25) is 0 Å². The van der Waals surface area contributed by atoms with Crippen LogP contribution in [0.15, 0.2) is 29.3 Å². The summed E-state index contributed by atoms with van der Waals surface area (Å²) >= 11 is 0. The summed E-state index contributed by atoms with van der Waals surface area (Å²) in [4.78, 5) is 26.7. The Morgan fingerprint density at radius 3 is 2.89 bits per heavy atom. The van der Waals surface area contributed by atoms with Crippen molar-refractivity contribution in [3.05, 3.63) is 34.8 Å². The Morgan fingerprint density at radius 1 is 1.44 bits per heavy atom. The van der Waals surface area contributed by atoms with Gasteiger partial charge in [0.25, 0.3) is 5.91 Å². The highest BCUT2D eigenvalue weighted by Crippen LogP contribution is 2.05. The zero-order valence-corrected chi connectivity index (χ0v) is 9.79. The second kappa shape index (κ2) is 4.97. The summed E-state index contributed by atoms with van der Waals surface area (Å²) in [5.41, 5.74) is -0.00125. The van der Waals surface area contributed by atoms with Crippen LogP contribution in [0.2, 0.25) is 0 Å². The van der Waals surface area contributed by atoms with E-state index in [1.54, 1.807) is 31.2 Å². The third kappa shape index (κ3) is 2.23. The average Bonchev–Trinajstić information content (AvgIpc) is 2.64. The van der Waals surface area contributed by atoms with Gasteiger partial charge < -0.3 is 4.74 Å². The van der Waals surface area contributed by atoms with E-state index in [1.807, 2.05) is 0 Å². The summed E-state index contributed by atoms with van der Waals surface area (Å²) in [7, 11) is 0. The molecule has 18 heavy (non-hydrogen) atoms. The van der Waals surface area contributed by atoms with Crippen LogP contribution in [0.3, 0.4) is 0 Å². The van der Waals surface area contributed by atoms with E-state index in [1.165, 1.54) is 0 Å². The fraction of sp³-hybridized carbons (Fsp3) is 0.250. The molecule has 1 aromatic carbocycles. The summed E-state index contributed by atoms with van der Waals surface area (Å²) in [5, 5.41) is 11.4. The van der Waals surface area contributed by atoms with Crippen LogP contribution in [-0.4, -0.2) is 35.3 Å². The first-order valence-electron chi connectivity index (χ1n) is 5.48. The molecular weight excluding hydrogens is 236 g/mol. The third-order valence-electron chi connectivity index (χ3n) is 2.43. The van der Waals surface area contributed by atoms with Crippen LogP contribution >= 0.6 is 0 Å². The number of rotatable bonds is 4. The number of benzene rings is 1. The van der Waals surface area contributed by atoms with E-state index in [9.17, 15) is 14.8 Å². The second-order valence-corrected chi connectivity index (χ2v) is 3.65. The number of hydroxylamine groups is 2. The van der Waals surface area contributed by atoms with Crippen LogP contribution in [0.25, 0.3) is 5.70 Å². The second-order valence-electron chi connectivity index (χ2n) is 3.65. The molecule has 1 aliphatic rings. The predicted molar refractivity (Wildman–Crippen MR) is 60.8 cm³/mol. The molecule has 6 heteroatoms. The van der Waals surface area contributed by atoms with Gasteiger partial charge in [0.05, 0.1) is 12.0 Å². The van der Waals surface area contributed by atoms with Crippen LogP contribution in [0.4, 0.5) is 0 Å². The van der Waals surface area contributed by atoms with Gasteiger partial charge in [-0.15, -0.1) is 0 Å². The fourth-order valence-corrected chi connectivity index (χ4v) is 1.71. The summed E-state index contributed by atoms with van der Waals surface area (Å²) < 4.78 is 4.70. The minimum absolute atomic E-state index is 0.00125. The normalized spacial score (nSPS) is 13.0. The van der Waals surface area contributed by atoms with Crippen molar-refractivity contribution in [2.45, 2.75) is 6.92 Å². The molecule has 1 N–H and O–H groups in total. The smallest absolute Gasteiger partial charge is 0.328 e. The highest BCUT2D eigenvalue weighted by atomic mass is 16.5. The van der Waals surface area contributed by atoms with Crippen LogP contribution in [0, 0.1) is 0 Å². The van der Waals surface area contributed by atoms with Crippen molar-refractivity contribution in [1.29, 1.82) is 0 Å². The summed E-state index contributed by atoms with van der Waals surface area (Å²) in [6.07, 6.45) is 0. The first-order valence-corrected chi connectivity index (χ1v) is 5.48. The molecule has 6 nitrogen and oxygen atoms in total. The third-order valence-corrected chi connectivity index (χ3v) is 2.43. The van der Waals surface area contributed by atoms with Crippen molar-refractivity contribution in [3.63, 3.8) is 0 Å². The van der Waals surface area contributed by atoms with Gasteiger partial charge in [-0.3, -0.25) is 14.8 Å². The maximum Gasteiger partial charge on any atom is 0.328 e. The minimum atomic E-state index is -0.607. The largest absolute Gasteiger partial charge is 0.465 e. The zero-order valence-electron chi connectivity index (χ0n) is 9.79. The summed E-state index contributed by atoms with van der Waals surface area (Å²) in [6.45, 7) is 1.48. The molecule has 0 fully saturated rings. The number of ether oxygens (including phenoxy) is 1. The highest BCUT2D eigenvalue weighted by molar-refractivity contribution is 6.14. The fourth-order valence-electron chi connectivity index (χ4n) is 1.71. The number of esters is 1. The van der Waals surface area contributed by atoms with Gasteiger partial charge in [0, 0.05) is 5.22 Å². The van der Waals surface area contributed by atoms with E-state index in [-0.39, 0.29) is 12.3 Å². The molecule has 0 radical (unpaired) electrons. The lowest BCUT2D eigenvalue weighted by molar-refractivity contribution is -0.151. The Balaban J connectivity index is 2.32. The molecule has 1 aliphatic heterocycles. The lowest BCUT2D eigenvalue weighted by Crippen LogP contribution is -2.34. The van der Waals surface area contributed by atoms with Crippen LogP contribution in [0.1, 0.15) is 6.92 Å². The molecular formula is C12H12N2O4. The van der Waals surface area contributed by atoms with Crippen LogP contribution in [-0.2, 0) is 14.3 Å². The van der Waals surface area contributed by atoms with E-state index in [0.29, 0.717) is 15.6 Å². The van der Waals surface area contributed by atoms with E-state index in [4.69, 9.17) is 4.74 Å². The number of nitrogens with zero attached hydrogens (tertiary/aromatic N) is 2. The molecule has 0 saturated heterocycles. The molecule has 0 bridgehead atoms. The SMILES string of the molecule is CCOC(=O)CN(O)C1=c2ccccc2=NC1=O. The van der Waals surface area contributed by atoms with E-state index >= 15 is 0 Å². The molecule has 0 saturated carbocycles. The summed E-state index contributed by atoms with van der Waals surface area (Å²) in [5.74, 6) is -1.17. The van der Waals surface area contributed by atoms with Crippen molar-refractivity contribution >= 4 is 17.6 Å². The first kappa shape index (κ1) is 12.3. The maximum absolute atomic E-state index is 11.7. The van der Waals surface area contributed by atoms with Crippen molar-refractivity contribution in [2.24, 2.45) is 4.99 Å². The van der Waals surface area contributed by atoms with E-state index in [2.05, 4.69) is 4.99 Å². The van der Waals surface area contributed by atoms with E-state index in [0.717, 1.165) is 0 Å². The van der Waals surface area contributed by atoms with Crippen molar-refractivity contribution in [3.8, 4) is 0 Å². The Bertz CT molecular complexity index is 609. The Hall–Kier alpha value is -2.21. The minimum Gasteiger partial charge on any atom is -0.465 e. The molecule has 0 aromatic heterocycles. The molecule has 0 unspecified atom stereocenters. The van der Waals surface area contributed by atoms with Crippen molar-refractivity contribution in [1.82, 2.24) is 5.06 Å². The van der Waals surface area contributed by atoms with Gasteiger partial charge in [-0.1, -0.05) is 18.2 Å². The average molecular weight is 248 g/mol. The first-order chi connectivity index (χ1) is 8.63. The van der Waals surface area contributed by atoms with Crippen LogP contribution in [0.5, 0.6) is 0 Å². The van der Waals surface area contributed by atoms with Gasteiger partial charge in [-0.25, -0.2) is 10.1 Å². The maximum atomic E-state index is 11.7. The quantitative estimate of drug-likeness (QED) is 0.558.